The van der Waals surface area contributed by atoms with E-state index in [1.807, 2.05) is 24.3 Å². The Hall–Kier alpha value is -4.06. The van der Waals surface area contributed by atoms with Crippen molar-refractivity contribution in [2.45, 2.75) is 118 Å². The standard InChI is InChI=1S/C49H64N2O4/c1-31(2)7-6-8-32(3)43-20-21-44-42-19-14-36-29-41(23-25-48(36,4)45(42)24-26-49(43,44)5)54-39-17-12-34(13-18-39)46(52)22-11-33-9-15-40(16-10-33)55-47(53)35-27-37(50)30-38(51)28-35/h9-13,15-18,22,27-28,30-32,36,41-45H,6-8,14,19-21,23-26,29,50-51H2,1-5H3/b22-11+/t32-,36?,41?,42+,43-,44+,45+,48+,49-/m1/s1. The van der Waals surface area contributed by atoms with Crippen LogP contribution in [0.2, 0.25) is 0 Å². The van der Waals surface area contributed by atoms with Gasteiger partial charge in [-0.05, 0) is 176 Å². The van der Waals surface area contributed by atoms with E-state index in [0.717, 1.165) is 65.6 Å². The summed E-state index contributed by atoms with van der Waals surface area (Å²) in [7, 11) is 0. The first-order chi connectivity index (χ1) is 26.3. The molecule has 4 fully saturated rings. The fraction of sp³-hybridized carbons (Fsp3) is 0.551. The smallest absolute Gasteiger partial charge is 0.343 e. The van der Waals surface area contributed by atoms with E-state index < -0.39 is 5.97 Å². The number of ketones is 1. The number of ether oxygens (including phenoxy) is 2. The number of anilines is 2. The SMILES string of the molecule is CC(C)CCC[C@@H](C)[C@H]1CC[C@H]2[C@@H]3CCC4CC(Oc5ccc(C(=O)/C=C/c6ccc(OC(=O)c7cc(N)cc(N)c7)cc6)cc5)CC[C@]4(C)[C@H]3CC[C@]12C. The maximum Gasteiger partial charge on any atom is 0.343 e. The molecule has 0 radical (unpaired) electrons. The first kappa shape index (κ1) is 39.2. The van der Waals surface area contributed by atoms with Crippen LogP contribution in [0, 0.1) is 52.3 Å². The lowest BCUT2D eigenvalue weighted by Gasteiger charge is -2.61. The summed E-state index contributed by atoms with van der Waals surface area (Å²) >= 11 is 0. The van der Waals surface area contributed by atoms with Gasteiger partial charge in [-0.3, -0.25) is 4.79 Å². The molecule has 0 aliphatic heterocycles. The summed E-state index contributed by atoms with van der Waals surface area (Å²) in [6, 6.07) is 19.2. The Morgan fingerprint density at radius 3 is 2.15 bits per heavy atom. The van der Waals surface area contributed by atoms with Crippen LogP contribution in [0.5, 0.6) is 11.5 Å². The molecule has 0 amide bonds. The van der Waals surface area contributed by atoms with E-state index in [1.54, 1.807) is 42.5 Å². The normalized spacial score (nSPS) is 30.7. The van der Waals surface area contributed by atoms with Crippen LogP contribution in [0.3, 0.4) is 0 Å². The molecular formula is C49H64N2O4. The van der Waals surface area contributed by atoms with Crippen molar-refractivity contribution >= 4 is 29.2 Å². The van der Waals surface area contributed by atoms with E-state index >= 15 is 0 Å². The van der Waals surface area contributed by atoms with Crippen LogP contribution in [0.1, 0.15) is 138 Å². The Morgan fingerprint density at radius 2 is 1.44 bits per heavy atom. The highest BCUT2D eigenvalue weighted by molar-refractivity contribution is 6.06. The molecule has 0 bridgehead atoms. The molecule has 55 heavy (non-hydrogen) atoms. The van der Waals surface area contributed by atoms with E-state index in [2.05, 4.69) is 34.6 Å². The van der Waals surface area contributed by atoms with Crippen molar-refractivity contribution in [1.29, 1.82) is 0 Å². The lowest BCUT2D eigenvalue weighted by molar-refractivity contribution is -0.126. The van der Waals surface area contributed by atoms with Crippen molar-refractivity contribution in [3.8, 4) is 11.5 Å². The maximum atomic E-state index is 13.0. The summed E-state index contributed by atoms with van der Waals surface area (Å²) in [5.74, 6) is 6.65. The van der Waals surface area contributed by atoms with Crippen molar-refractivity contribution in [3.63, 3.8) is 0 Å². The second-order valence-corrected chi connectivity index (χ2v) is 18.8. The zero-order valence-corrected chi connectivity index (χ0v) is 33.9. The molecule has 4 N–H and O–H groups in total. The molecule has 4 saturated carbocycles. The van der Waals surface area contributed by atoms with Crippen LogP contribution in [0.15, 0.2) is 72.8 Å². The predicted molar refractivity (Wildman–Crippen MR) is 224 cm³/mol. The number of rotatable bonds is 12. The van der Waals surface area contributed by atoms with E-state index in [1.165, 1.54) is 76.3 Å². The minimum absolute atomic E-state index is 0.0794. The van der Waals surface area contributed by atoms with Gasteiger partial charge in [-0.25, -0.2) is 4.79 Å². The van der Waals surface area contributed by atoms with Crippen LogP contribution >= 0.6 is 0 Å². The van der Waals surface area contributed by atoms with Crippen molar-refractivity contribution in [2.24, 2.45) is 52.3 Å². The van der Waals surface area contributed by atoms with Crippen molar-refractivity contribution in [2.75, 3.05) is 11.5 Å². The van der Waals surface area contributed by atoms with Crippen LogP contribution < -0.4 is 20.9 Å². The number of nitrogens with two attached hydrogens (primary N) is 2. The summed E-state index contributed by atoms with van der Waals surface area (Å²) in [5.41, 5.74) is 15.1. The Bertz CT molecular complexity index is 1830. The molecule has 0 heterocycles. The number of esters is 1. The number of nitrogen functional groups attached to an aromatic ring is 2. The van der Waals surface area contributed by atoms with Crippen LogP contribution in [0.25, 0.3) is 6.08 Å². The van der Waals surface area contributed by atoms with E-state index in [9.17, 15) is 9.59 Å². The molecule has 4 aliphatic carbocycles. The number of carbonyl (C=O) groups excluding carboxylic acids is 2. The van der Waals surface area contributed by atoms with Gasteiger partial charge >= 0.3 is 5.97 Å². The number of benzene rings is 3. The number of hydrogen-bond donors (Lipinski definition) is 2. The highest BCUT2D eigenvalue weighted by Crippen LogP contribution is 2.68. The number of fused-ring (bicyclic) bond motifs is 5. The first-order valence-corrected chi connectivity index (χ1v) is 21.3. The van der Waals surface area contributed by atoms with Crippen LogP contribution in [-0.4, -0.2) is 17.9 Å². The molecule has 0 saturated heterocycles. The zero-order valence-electron chi connectivity index (χ0n) is 33.9. The number of allylic oxidation sites excluding steroid dienone is 1. The fourth-order valence-corrected chi connectivity index (χ4v) is 12.1. The largest absolute Gasteiger partial charge is 0.490 e. The fourth-order valence-electron chi connectivity index (χ4n) is 12.1. The minimum atomic E-state index is -0.541. The van der Waals surface area contributed by atoms with E-state index in [0.29, 0.717) is 33.5 Å². The summed E-state index contributed by atoms with van der Waals surface area (Å²) < 4.78 is 12.1. The molecule has 9 atom stereocenters. The lowest BCUT2D eigenvalue weighted by atomic mass is 9.44. The summed E-state index contributed by atoms with van der Waals surface area (Å²) in [4.78, 5) is 25.6. The van der Waals surface area contributed by atoms with E-state index in [-0.39, 0.29) is 17.5 Å². The van der Waals surface area contributed by atoms with E-state index in [4.69, 9.17) is 20.9 Å². The van der Waals surface area contributed by atoms with Gasteiger partial charge < -0.3 is 20.9 Å². The van der Waals surface area contributed by atoms with Gasteiger partial charge in [0, 0.05) is 16.9 Å². The highest BCUT2D eigenvalue weighted by Gasteiger charge is 2.60. The number of carbonyl (C=O) groups is 2. The molecule has 0 aromatic heterocycles. The third kappa shape index (κ3) is 8.39. The highest BCUT2D eigenvalue weighted by atomic mass is 16.5. The molecule has 7 rings (SSSR count). The number of hydrogen-bond acceptors (Lipinski definition) is 6. The first-order valence-electron chi connectivity index (χ1n) is 21.3. The zero-order chi connectivity index (χ0) is 38.9. The van der Waals surface area contributed by atoms with Gasteiger partial charge in [-0.2, -0.15) is 0 Å². The molecule has 2 unspecified atom stereocenters. The summed E-state index contributed by atoms with van der Waals surface area (Å²) in [6.45, 7) is 12.7. The third-order valence-electron chi connectivity index (χ3n) is 15.0. The Kier molecular flexibility index (Phi) is 11.5. The van der Waals surface area contributed by atoms with Crippen LogP contribution in [0.4, 0.5) is 11.4 Å². The molecule has 6 nitrogen and oxygen atoms in total. The van der Waals surface area contributed by atoms with Gasteiger partial charge in [-0.15, -0.1) is 0 Å². The van der Waals surface area contributed by atoms with Gasteiger partial charge in [0.2, 0.25) is 0 Å². The lowest BCUT2D eigenvalue weighted by Crippen LogP contribution is -2.54. The Morgan fingerprint density at radius 1 is 0.764 bits per heavy atom. The monoisotopic (exact) mass is 744 g/mol. The summed E-state index contributed by atoms with van der Waals surface area (Å²) in [5, 5.41) is 0. The van der Waals surface area contributed by atoms with Crippen molar-refractivity contribution in [1.82, 2.24) is 0 Å². The van der Waals surface area contributed by atoms with Gasteiger partial charge in [-0.1, -0.05) is 72.1 Å². The molecule has 6 heteroatoms. The molecule has 294 valence electrons. The van der Waals surface area contributed by atoms with Gasteiger partial charge in [0.05, 0.1) is 11.7 Å². The van der Waals surface area contributed by atoms with Gasteiger partial charge in [0.1, 0.15) is 11.5 Å². The molecule has 4 aliphatic rings. The maximum absolute atomic E-state index is 13.0. The quantitative estimate of drug-likeness (QED) is 0.0629. The van der Waals surface area contributed by atoms with Gasteiger partial charge in [0.25, 0.3) is 0 Å². The summed E-state index contributed by atoms with van der Waals surface area (Å²) in [6.07, 6.45) is 19.8. The average Bonchev–Trinajstić information content (AvgIpc) is 3.51. The Labute approximate surface area is 329 Å². The third-order valence-corrected chi connectivity index (χ3v) is 15.0. The molecule has 3 aromatic rings. The Balaban J connectivity index is 0.896. The molecular weight excluding hydrogens is 681 g/mol. The second kappa shape index (κ2) is 16.2. The van der Waals surface area contributed by atoms with Crippen molar-refractivity contribution < 1.29 is 19.1 Å². The average molecular weight is 745 g/mol. The molecule has 3 aromatic carbocycles. The van der Waals surface area contributed by atoms with Crippen LogP contribution in [-0.2, 0) is 0 Å². The topological polar surface area (TPSA) is 105 Å². The predicted octanol–water partition coefficient (Wildman–Crippen LogP) is 11.8. The van der Waals surface area contributed by atoms with Gasteiger partial charge in [0.15, 0.2) is 5.78 Å². The second-order valence-electron chi connectivity index (χ2n) is 18.8. The van der Waals surface area contributed by atoms with Crippen molar-refractivity contribution in [3.05, 3.63) is 89.5 Å². The molecule has 0 spiro atoms. The minimum Gasteiger partial charge on any atom is -0.490 e.